The summed E-state index contributed by atoms with van der Waals surface area (Å²) in [5.41, 5.74) is 2.10. The van der Waals surface area contributed by atoms with Crippen molar-refractivity contribution in [3.05, 3.63) is 96.2 Å². The molecule has 174 valence electrons. The molecule has 0 saturated heterocycles. The number of pyridine rings is 1. The number of carbonyl (C=O) groups excluding carboxylic acids is 1. The van der Waals surface area contributed by atoms with Crippen LogP contribution in [0.3, 0.4) is 0 Å². The molecule has 0 aliphatic rings. The molecule has 4 rings (SSSR count). The van der Waals surface area contributed by atoms with E-state index in [0.717, 1.165) is 11.8 Å². The summed E-state index contributed by atoms with van der Waals surface area (Å²) in [4.78, 5) is 21.1. The smallest absolute Gasteiger partial charge is 0.422 e. The van der Waals surface area contributed by atoms with Gasteiger partial charge in [-0.15, -0.1) is 0 Å². The molecule has 1 amide bonds. The van der Waals surface area contributed by atoms with Crippen LogP contribution in [0.5, 0.6) is 5.88 Å². The van der Waals surface area contributed by atoms with E-state index in [9.17, 15) is 22.4 Å². The van der Waals surface area contributed by atoms with Gasteiger partial charge in [-0.05, 0) is 35.9 Å². The Morgan fingerprint density at radius 2 is 1.71 bits per heavy atom. The highest BCUT2D eigenvalue weighted by Crippen LogP contribution is 2.28. The summed E-state index contributed by atoms with van der Waals surface area (Å²) >= 11 is 0. The number of hydrogen-bond donors (Lipinski definition) is 1. The van der Waals surface area contributed by atoms with E-state index in [1.807, 2.05) is 30.3 Å². The van der Waals surface area contributed by atoms with Crippen molar-refractivity contribution in [2.24, 2.45) is 0 Å². The minimum absolute atomic E-state index is 0.108. The van der Waals surface area contributed by atoms with Crippen LogP contribution >= 0.6 is 0 Å². The van der Waals surface area contributed by atoms with Crippen molar-refractivity contribution >= 4 is 11.7 Å². The normalized spacial score (nSPS) is 11.3. The summed E-state index contributed by atoms with van der Waals surface area (Å²) in [6, 6.07) is 17.7. The number of halogens is 4. The number of nitrogens with one attached hydrogen (secondary N) is 1. The maximum atomic E-state index is 13.4. The predicted octanol–water partition coefficient (Wildman–Crippen LogP) is 5.33. The van der Waals surface area contributed by atoms with E-state index in [-0.39, 0.29) is 11.4 Å². The number of alkyl halides is 3. The first-order valence-corrected chi connectivity index (χ1v) is 10.1. The van der Waals surface area contributed by atoms with Gasteiger partial charge in [-0.1, -0.05) is 30.3 Å². The van der Waals surface area contributed by atoms with Crippen LogP contribution in [0.1, 0.15) is 15.9 Å². The maximum absolute atomic E-state index is 13.4. The topological polar surface area (TPSA) is 69.0 Å². The lowest BCUT2D eigenvalue weighted by molar-refractivity contribution is -0.154. The van der Waals surface area contributed by atoms with Crippen molar-refractivity contribution in [2.75, 3.05) is 11.9 Å². The number of imidazole rings is 1. The highest BCUT2D eigenvalue weighted by Gasteiger charge is 2.28. The lowest BCUT2D eigenvalue weighted by Gasteiger charge is -2.12. The molecule has 6 nitrogen and oxygen atoms in total. The Labute approximate surface area is 191 Å². The third-order valence-electron chi connectivity index (χ3n) is 4.77. The van der Waals surface area contributed by atoms with Crippen LogP contribution in [0.2, 0.25) is 0 Å². The number of nitrogens with zero attached hydrogens (tertiary/aromatic N) is 3. The van der Waals surface area contributed by atoms with Crippen LogP contribution in [-0.4, -0.2) is 33.2 Å². The minimum atomic E-state index is -4.49. The fourth-order valence-electron chi connectivity index (χ4n) is 3.17. The van der Waals surface area contributed by atoms with Gasteiger partial charge in [0.05, 0.1) is 18.4 Å². The van der Waals surface area contributed by atoms with Crippen LogP contribution in [0.4, 0.5) is 23.4 Å². The van der Waals surface area contributed by atoms with Gasteiger partial charge in [0, 0.05) is 17.8 Å². The summed E-state index contributed by atoms with van der Waals surface area (Å²) in [6.45, 7) is -1.07. The van der Waals surface area contributed by atoms with E-state index in [1.165, 1.54) is 24.3 Å². The first kappa shape index (κ1) is 23.0. The van der Waals surface area contributed by atoms with Gasteiger partial charge in [-0.25, -0.2) is 14.4 Å². The van der Waals surface area contributed by atoms with Crippen molar-refractivity contribution in [3.8, 4) is 17.1 Å². The number of anilines is 1. The quantitative estimate of drug-likeness (QED) is 0.371. The van der Waals surface area contributed by atoms with E-state index in [1.54, 1.807) is 23.0 Å². The third kappa shape index (κ3) is 5.77. The predicted molar refractivity (Wildman–Crippen MR) is 117 cm³/mol. The highest BCUT2D eigenvalue weighted by atomic mass is 19.4. The molecule has 0 aliphatic carbocycles. The first-order chi connectivity index (χ1) is 16.3. The number of ether oxygens (including phenoxy) is 1. The van der Waals surface area contributed by atoms with Crippen LogP contribution < -0.4 is 10.1 Å². The fourth-order valence-corrected chi connectivity index (χ4v) is 3.17. The lowest BCUT2D eigenvalue weighted by atomic mass is 10.1. The minimum Gasteiger partial charge on any atom is -0.468 e. The number of benzene rings is 2. The average molecular weight is 470 g/mol. The van der Waals surface area contributed by atoms with E-state index in [0.29, 0.717) is 23.6 Å². The largest absolute Gasteiger partial charge is 0.468 e. The van der Waals surface area contributed by atoms with Gasteiger partial charge in [0.25, 0.3) is 5.91 Å². The van der Waals surface area contributed by atoms with E-state index >= 15 is 0 Å². The molecule has 0 spiro atoms. The van der Waals surface area contributed by atoms with Gasteiger partial charge in [-0.2, -0.15) is 13.2 Å². The van der Waals surface area contributed by atoms with Gasteiger partial charge in [0.2, 0.25) is 5.88 Å². The summed E-state index contributed by atoms with van der Waals surface area (Å²) in [5, 5.41) is 2.79. The summed E-state index contributed by atoms with van der Waals surface area (Å²) in [5.74, 6) is -0.835. The van der Waals surface area contributed by atoms with Crippen molar-refractivity contribution in [2.45, 2.75) is 12.7 Å². The summed E-state index contributed by atoms with van der Waals surface area (Å²) in [7, 11) is 0. The van der Waals surface area contributed by atoms with Crippen molar-refractivity contribution < 1.29 is 27.1 Å². The molecule has 0 unspecified atom stereocenters. The Hall–Kier alpha value is -4.21. The molecule has 0 fully saturated rings. The molecular weight excluding hydrogens is 452 g/mol. The van der Waals surface area contributed by atoms with Crippen LogP contribution in [0, 0.1) is 5.82 Å². The standard InChI is InChI=1S/C24H18F4N4O2/c25-19-9-6-17(7-10-19)21-22(32(15-30-21)13-16-4-2-1-3-5-16)31-23(33)18-8-11-20(29-12-18)34-14-24(26,27)28/h1-12,15H,13-14H2,(H,31,33). The number of carbonyl (C=O) groups is 1. The van der Waals surface area contributed by atoms with E-state index < -0.39 is 24.5 Å². The van der Waals surface area contributed by atoms with Crippen molar-refractivity contribution in [3.63, 3.8) is 0 Å². The average Bonchev–Trinajstić information content (AvgIpc) is 3.20. The molecule has 34 heavy (non-hydrogen) atoms. The molecule has 0 bridgehead atoms. The Kier molecular flexibility index (Phi) is 6.58. The molecule has 2 heterocycles. The van der Waals surface area contributed by atoms with E-state index in [4.69, 9.17) is 0 Å². The number of amides is 1. The molecule has 4 aromatic rings. The zero-order chi connectivity index (χ0) is 24.1. The summed E-state index contributed by atoms with van der Waals surface area (Å²) in [6.07, 6.45) is -1.81. The molecule has 0 atom stereocenters. The zero-order valence-electron chi connectivity index (χ0n) is 17.6. The molecule has 2 aromatic heterocycles. The van der Waals surface area contributed by atoms with Crippen molar-refractivity contribution in [1.29, 1.82) is 0 Å². The molecule has 2 aromatic carbocycles. The Balaban J connectivity index is 1.59. The monoisotopic (exact) mass is 470 g/mol. The number of aromatic nitrogens is 3. The van der Waals surface area contributed by atoms with Gasteiger partial charge in [0.1, 0.15) is 17.3 Å². The molecule has 0 radical (unpaired) electrons. The highest BCUT2D eigenvalue weighted by molar-refractivity contribution is 6.05. The molecular formula is C24H18F4N4O2. The molecule has 0 saturated carbocycles. The second kappa shape index (κ2) is 9.74. The maximum Gasteiger partial charge on any atom is 0.422 e. The Bertz CT molecular complexity index is 1260. The van der Waals surface area contributed by atoms with Crippen LogP contribution in [0.15, 0.2) is 79.3 Å². The Morgan fingerprint density at radius 1 is 0.971 bits per heavy atom. The molecule has 10 heteroatoms. The third-order valence-corrected chi connectivity index (χ3v) is 4.77. The fraction of sp³-hybridized carbons (Fsp3) is 0.125. The summed E-state index contributed by atoms with van der Waals surface area (Å²) < 4.78 is 56.6. The number of rotatable bonds is 7. The number of hydrogen-bond acceptors (Lipinski definition) is 4. The first-order valence-electron chi connectivity index (χ1n) is 10.1. The van der Waals surface area contributed by atoms with Gasteiger partial charge in [0.15, 0.2) is 6.61 Å². The molecule has 1 N–H and O–H groups in total. The molecule has 0 aliphatic heterocycles. The second-order valence-electron chi connectivity index (χ2n) is 7.31. The van der Waals surface area contributed by atoms with Gasteiger partial charge in [-0.3, -0.25) is 4.79 Å². The van der Waals surface area contributed by atoms with Crippen molar-refractivity contribution in [1.82, 2.24) is 14.5 Å². The lowest BCUT2D eigenvalue weighted by Crippen LogP contribution is -2.20. The van der Waals surface area contributed by atoms with Crippen LogP contribution in [0.25, 0.3) is 11.3 Å². The SMILES string of the molecule is O=C(Nc1c(-c2ccc(F)cc2)ncn1Cc1ccccc1)c1ccc(OCC(F)(F)F)nc1. The van der Waals surface area contributed by atoms with Gasteiger partial charge < -0.3 is 14.6 Å². The Morgan fingerprint density at radius 3 is 2.35 bits per heavy atom. The second-order valence-corrected chi connectivity index (χ2v) is 7.31. The zero-order valence-corrected chi connectivity index (χ0v) is 17.6. The van der Waals surface area contributed by atoms with Gasteiger partial charge >= 0.3 is 6.18 Å². The van der Waals surface area contributed by atoms with Crippen LogP contribution in [-0.2, 0) is 6.54 Å². The van der Waals surface area contributed by atoms with E-state index in [2.05, 4.69) is 20.0 Å².